The number of aromatic nitrogens is 2. The van der Waals surface area contributed by atoms with Crippen LogP contribution in [0.1, 0.15) is 75.0 Å². The van der Waals surface area contributed by atoms with E-state index in [-0.39, 0.29) is 35.8 Å². The van der Waals surface area contributed by atoms with Gasteiger partial charge in [0.2, 0.25) is 0 Å². The second kappa shape index (κ2) is 15.6. The number of rotatable bonds is 16. The summed E-state index contributed by atoms with van der Waals surface area (Å²) in [5.74, 6) is -0.678. The monoisotopic (exact) mass is 608 g/mol. The third-order valence-electron chi connectivity index (χ3n) is 7.09. The second-order valence-corrected chi connectivity index (χ2v) is 11.9. The minimum absolute atomic E-state index is 0.129. The maximum absolute atomic E-state index is 13.5. The van der Waals surface area contributed by atoms with Crippen LogP contribution in [-0.2, 0) is 9.59 Å². The first-order chi connectivity index (χ1) is 20.3. The molecule has 1 aromatic carbocycles. The Kier molecular flexibility index (Phi) is 11.7. The largest absolute Gasteiger partial charge is 0.481 e. The second-order valence-electron chi connectivity index (χ2n) is 10.2. The lowest BCUT2D eigenvalue weighted by molar-refractivity contribution is -0.137. The highest BCUT2D eigenvalue weighted by Gasteiger charge is 2.32. The van der Waals surface area contributed by atoms with Crippen LogP contribution in [0.15, 0.2) is 64.4 Å². The Labute approximate surface area is 254 Å². The standard InChI is InChI=1S/C31H36N4O5S2/c36-24(22-14-8-7-9-15-22)21-32-28-23(29(39)34-18-13-11-16-26(34)33-28)20-25-30(40)35(31(41)42-25)19-12-6-4-2-1-3-5-10-17-27(37)38/h7-9,11,13-16,18,20,24,32,36H,1-6,10,12,17,19,21H2,(H,37,38)/b25-20-/t24-/m0/s1. The summed E-state index contributed by atoms with van der Waals surface area (Å²) in [5.41, 5.74) is 1.08. The molecule has 222 valence electrons. The summed E-state index contributed by atoms with van der Waals surface area (Å²) in [6.45, 7) is 0.646. The number of unbranched alkanes of at least 4 members (excludes halogenated alkanes) is 7. The molecule has 1 fully saturated rings. The quantitative estimate of drug-likeness (QED) is 0.108. The van der Waals surface area contributed by atoms with Gasteiger partial charge < -0.3 is 15.5 Å². The van der Waals surface area contributed by atoms with Crippen molar-refractivity contribution in [1.29, 1.82) is 0 Å². The Morgan fingerprint density at radius 2 is 1.64 bits per heavy atom. The van der Waals surface area contributed by atoms with Crippen LogP contribution in [0.3, 0.4) is 0 Å². The lowest BCUT2D eigenvalue weighted by Gasteiger charge is -2.15. The number of hydrogen-bond acceptors (Lipinski definition) is 8. The van der Waals surface area contributed by atoms with Gasteiger partial charge in [-0.3, -0.25) is 23.7 Å². The van der Waals surface area contributed by atoms with Crippen molar-refractivity contribution in [3.05, 3.63) is 81.1 Å². The average Bonchev–Trinajstić information content (AvgIpc) is 3.26. The molecule has 0 spiro atoms. The van der Waals surface area contributed by atoms with Crippen molar-refractivity contribution in [1.82, 2.24) is 14.3 Å². The number of amides is 1. The Morgan fingerprint density at radius 3 is 2.36 bits per heavy atom. The summed E-state index contributed by atoms with van der Waals surface area (Å²) in [6, 6.07) is 14.5. The highest BCUT2D eigenvalue weighted by Crippen LogP contribution is 2.33. The lowest BCUT2D eigenvalue weighted by atomic mass is 10.1. The molecule has 0 saturated carbocycles. The van der Waals surface area contributed by atoms with Gasteiger partial charge in [-0.2, -0.15) is 0 Å². The first-order valence-electron chi connectivity index (χ1n) is 14.3. The summed E-state index contributed by atoms with van der Waals surface area (Å²) < 4.78 is 1.89. The molecule has 1 aliphatic heterocycles. The number of thioether (sulfide) groups is 1. The third kappa shape index (κ3) is 8.50. The van der Waals surface area contributed by atoms with Crippen LogP contribution in [0.25, 0.3) is 11.7 Å². The molecular weight excluding hydrogens is 572 g/mol. The third-order valence-corrected chi connectivity index (χ3v) is 8.47. The van der Waals surface area contributed by atoms with E-state index < -0.39 is 12.1 Å². The van der Waals surface area contributed by atoms with E-state index in [4.69, 9.17) is 17.3 Å². The molecule has 0 aliphatic carbocycles. The highest BCUT2D eigenvalue weighted by molar-refractivity contribution is 8.26. The summed E-state index contributed by atoms with van der Waals surface area (Å²) in [5, 5.41) is 22.5. The number of aliphatic hydroxyl groups excluding tert-OH is 1. The summed E-state index contributed by atoms with van der Waals surface area (Å²) in [7, 11) is 0. The van der Waals surface area contributed by atoms with Crippen molar-refractivity contribution in [3.63, 3.8) is 0 Å². The molecule has 0 unspecified atom stereocenters. The number of aliphatic hydroxyl groups is 1. The van der Waals surface area contributed by atoms with Gasteiger partial charge in [-0.1, -0.05) is 98.9 Å². The van der Waals surface area contributed by atoms with Crippen LogP contribution < -0.4 is 10.9 Å². The number of carbonyl (C=O) groups excluding carboxylic acids is 1. The SMILES string of the molecule is O=C(O)CCCCCCCCCCN1C(=O)/C(=C/c2c(NC[C@H](O)c3ccccc3)nc3ccccn3c2=O)SC1=S. The van der Waals surface area contributed by atoms with Gasteiger partial charge in [0.15, 0.2) is 0 Å². The zero-order chi connectivity index (χ0) is 29.9. The van der Waals surface area contributed by atoms with E-state index in [0.29, 0.717) is 21.4 Å². The van der Waals surface area contributed by atoms with Crippen molar-refractivity contribution in [3.8, 4) is 0 Å². The van der Waals surface area contributed by atoms with Crippen LogP contribution in [0, 0.1) is 0 Å². The normalized spacial score (nSPS) is 15.1. The number of aliphatic carboxylic acids is 1. The average molecular weight is 609 g/mol. The Bertz CT molecular complexity index is 1490. The molecule has 2 aromatic heterocycles. The van der Waals surface area contributed by atoms with Gasteiger partial charge in [0, 0.05) is 25.7 Å². The zero-order valence-corrected chi connectivity index (χ0v) is 25.0. The molecule has 42 heavy (non-hydrogen) atoms. The minimum Gasteiger partial charge on any atom is -0.481 e. The number of thiocarbonyl (C=S) groups is 1. The first-order valence-corrected chi connectivity index (χ1v) is 15.5. The van der Waals surface area contributed by atoms with Gasteiger partial charge in [-0.05, 0) is 36.6 Å². The Balaban J connectivity index is 1.39. The number of fused-ring (bicyclic) bond motifs is 1. The number of anilines is 1. The molecule has 3 heterocycles. The molecule has 0 radical (unpaired) electrons. The van der Waals surface area contributed by atoms with Gasteiger partial charge in [0.25, 0.3) is 11.5 Å². The number of nitrogens with one attached hydrogen (secondary N) is 1. The number of carboxylic acid groups (broad SMARTS) is 1. The Hall–Kier alpha value is -3.54. The van der Waals surface area contributed by atoms with Crippen LogP contribution in [0.4, 0.5) is 5.82 Å². The smallest absolute Gasteiger partial charge is 0.303 e. The molecule has 1 amide bonds. The molecule has 9 nitrogen and oxygen atoms in total. The van der Waals surface area contributed by atoms with Gasteiger partial charge >= 0.3 is 5.97 Å². The molecule has 4 rings (SSSR count). The number of hydrogen-bond donors (Lipinski definition) is 3. The summed E-state index contributed by atoms with van der Waals surface area (Å²) in [6.07, 6.45) is 10.3. The van der Waals surface area contributed by atoms with Crippen molar-refractivity contribution < 1.29 is 19.8 Å². The number of nitrogens with zero attached hydrogens (tertiary/aromatic N) is 3. The van der Waals surface area contributed by atoms with E-state index in [2.05, 4.69) is 10.3 Å². The van der Waals surface area contributed by atoms with Crippen molar-refractivity contribution >= 4 is 57.7 Å². The Morgan fingerprint density at radius 1 is 0.976 bits per heavy atom. The summed E-state index contributed by atoms with van der Waals surface area (Å²) >= 11 is 6.69. The van der Waals surface area contributed by atoms with Gasteiger partial charge in [0.1, 0.15) is 15.8 Å². The molecule has 1 aliphatic rings. The molecule has 1 atom stereocenters. The van der Waals surface area contributed by atoms with Crippen LogP contribution in [0.2, 0.25) is 0 Å². The predicted octanol–water partition coefficient (Wildman–Crippen LogP) is 5.64. The van der Waals surface area contributed by atoms with Crippen molar-refractivity contribution in [2.45, 2.75) is 63.9 Å². The van der Waals surface area contributed by atoms with Crippen LogP contribution >= 0.6 is 24.0 Å². The van der Waals surface area contributed by atoms with Gasteiger partial charge in [-0.15, -0.1) is 0 Å². The molecule has 11 heteroatoms. The molecule has 1 saturated heterocycles. The number of carbonyl (C=O) groups is 2. The van der Waals surface area contributed by atoms with E-state index in [1.54, 1.807) is 35.4 Å². The van der Waals surface area contributed by atoms with E-state index >= 15 is 0 Å². The van der Waals surface area contributed by atoms with Gasteiger partial charge in [-0.25, -0.2) is 4.98 Å². The number of carboxylic acids is 1. The first kappa shape index (κ1) is 31.4. The van der Waals surface area contributed by atoms with E-state index in [9.17, 15) is 19.5 Å². The van der Waals surface area contributed by atoms with E-state index in [1.807, 2.05) is 30.3 Å². The maximum Gasteiger partial charge on any atom is 0.303 e. The van der Waals surface area contributed by atoms with Gasteiger partial charge in [0.05, 0.1) is 16.6 Å². The van der Waals surface area contributed by atoms with Crippen molar-refractivity contribution in [2.75, 3.05) is 18.4 Å². The zero-order valence-electron chi connectivity index (χ0n) is 23.4. The maximum atomic E-state index is 13.5. The molecular formula is C31H36N4O5S2. The molecule has 0 bridgehead atoms. The van der Waals surface area contributed by atoms with E-state index in [1.165, 1.54) is 16.2 Å². The number of benzene rings is 1. The summed E-state index contributed by atoms with van der Waals surface area (Å²) in [4.78, 5) is 43.9. The fraction of sp³-hybridized carbons (Fsp3) is 0.387. The van der Waals surface area contributed by atoms with Crippen molar-refractivity contribution in [2.24, 2.45) is 0 Å². The lowest BCUT2D eigenvalue weighted by Crippen LogP contribution is -2.29. The fourth-order valence-electron chi connectivity index (χ4n) is 4.78. The molecule has 3 aromatic rings. The molecule has 3 N–H and O–H groups in total. The van der Waals surface area contributed by atoms with Crippen LogP contribution in [-0.4, -0.2) is 53.8 Å². The minimum atomic E-state index is -0.815. The number of pyridine rings is 1. The predicted molar refractivity (Wildman–Crippen MR) is 170 cm³/mol. The highest BCUT2D eigenvalue weighted by atomic mass is 32.2. The topological polar surface area (TPSA) is 124 Å². The van der Waals surface area contributed by atoms with E-state index in [0.717, 1.165) is 56.9 Å². The fourth-order valence-corrected chi connectivity index (χ4v) is 6.07. The van der Waals surface area contributed by atoms with Crippen LogP contribution in [0.5, 0.6) is 0 Å².